The van der Waals surface area contributed by atoms with E-state index in [0.717, 1.165) is 17.2 Å². The van der Waals surface area contributed by atoms with Crippen molar-refractivity contribution < 1.29 is 4.74 Å². The van der Waals surface area contributed by atoms with Crippen LogP contribution in [0.25, 0.3) is 0 Å². The molecule has 0 aliphatic heterocycles. The highest BCUT2D eigenvalue weighted by atomic mass is 127. The number of hydrogen-bond acceptors (Lipinski definition) is 4. The van der Waals surface area contributed by atoms with E-state index in [0.29, 0.717) is 25.6 Å². The Morgan fingerprint density at radius 1 is 1.13 bits per heavy atom. The number of nitrogens with one attached hydrogen (secondary N) is 2. The van der Waals surface area contributed by atoms with Gasteiger partial charge in [-0.1, -0.05) is 6.07 Å². The SMILES string of the molecule is CCOc1cc(CNC(=NC)NCc2ccccn2)ccn1.I. The summed E-state index contributed by atoms with van der Waals surface area (Å²) in [5, 5.41) is 6.48. The Bertz CT molecular complexity index is 606. The Kier molecular flexibility index (Phi) is 8.96. The fourth-order valence-corrected chi connectivity index (χ4v) is 1.87. The first-order chi connectivity index (χ1) is 10.8. The highest BCUT2D eigenvalue weighted by molar-refractivity contribution is 14.0. The number of aromatic nitrogens is 2. The van der Waals surface area contributed by atoms with E-state index in [2.05, 4.69) is 25.6 Å². The van der Waals surface area contributed by atoms with Crippen molar-refractivity contribution in [2.24, 2.45) is 4.99 Å². The van der Waals surface area contributed by atoms with Crippen LogP contribution in [0.4, 0.5) is 0 Å². The van der Waals surface area contributed by atoms with Crippen LogP contribution < -0.4 is 15.4 Å². The molecule has 0 spiro atoms. The quantitative estimate of drug-likeness (QED) is 0.421. The minimum absolute atomic E-state index is 0. The molecule has 0 bridgehead atoms. The van der Waals surface area contributed by atoms with Gasteiger partial charge in [0.25, 0.3) is 0 Å². The first kappa shape index (κ1) is 19.1. The number of aliphatic imine (C=N–C) groups is 1. The maximum absolute atomic E-state index is 5.39. The average molecular weight is 427 g/mol. The van der Waals surface area contributed by atoms with Crippen LogP contribution >= 0.6 is 24.0 Å². The van der Waals surface area contributed by atoms with Crippen molar-refractivity contribution in [3.63, 3.8) is 0 Å². The third-order valence-electron chi connectivity index (χ3n) is 2.94. The third kappa shape index (κ3) is 6.81. The van der Waals surface area contributed by atoms with E-state index in [1.807, 2.05) is 37.3 Å². The molecule has 23 heavy (non-hydrogen) atoms. The summed E-state index contributed by atoms with van der Waals surface area (Å²) in [6.07, 6.45) is 3.52. The molecule has 6 nitrogen and oxygen atoms in total. The van der Waals surface area contributed by atoms with E-state index < -0.39 is 0 Å². The summed E-state index contributed by atoms with van der Waals surface area (Å²) in [5.74, 6) is 1.36. The molecule has 124 valence electrons. The van der Waals surface area contributed by atoms with Gasteiger partial charge in [0.1, 0.15) is 0 Å². The van der Waals surface area contributed by atoms with Crippen molar-refractivity contribution >= 4 is 29.9 Å². The summed E-state index contributed by atoms with van der Waals surface area (Å²) >= 11 is 0. The van der Waals surface area contributed by atoms with Crippen LogP contribution in [0.5, 0.6) is 5.88 Å². The van der Waals surface area contributed by atoms with E-state index in [1.165, 1.54) is 0 Å². The minimum Gasteiger partial charge on any atom is -0.478 e. The summed E-state index contributed by atoms with van der Waals surface area (Å²) in [6, 6.07) is 9.70. The van der Waals surface area contributed by atoms with E-state index >= 15 is 0 Å². The van der Waals surface area contributed by atoms with E-state index in [-0.39, 0.29) is 24.0 Å². The molecular weight excluding hydrogens is 405 g/mol. The maximum Gasteiger partial charge on any atom is 0.213 e. The van der Waals surface area contributed by atoms with Crippen LogP contribution in [0.3, 0.4) is 0 Å². The molecule has 2 aromatic heterocycles. The van der Waals surface area contributed by atoms with Gasteiger partial charge in [0.2, 0.25) is 5.88 Å². The molecule has 0 aliphatic carbocycles. The summed E-state index contributed by atoms with van der Waals surface area (Å²) in [7, 11) is 1.74. The number of nitrogens with zero attached hydrogens (tertiary/aromatic N) is 3. The first-order valence-electron chi connectivity index (χ1n) is 7.24. The van der Waals surface area contributed by atoms with Gasteiger partial charge in [-0.05, 0) is 30.7 Å². The predicted octanol–water partition coefficient (Wildman–Crippen LogP) is 2.36. The number of hydrogen-bond donors (Lipinski definition) is 2. The zero-order chi connectivity index (χ0) is 15.6. The van der Waals surface area contributed by atoms with Crippen molar-refractivity contribution in [2.75, 3.05) is 13.7 Å². The number of pyridine rings is 2. The maximum atomic E-state index is 5.39. The number of guanidine groups is 1. The zero-order valence-electron chi connectivity index (χ0n) is 13.3. The van der Waals surface area contributed by atoms with E-state index in [4.69, 9.17) is 4.74 Å². The van der Waals surface area contributed by atoms with Crippen LogP contribution in [0.15, 0.2) is 47.7 Å². The summed E-state index contributed by atoms with van der Waals surface area (Å²) < 4.78 is 5.39. The second kappa shape index (κ2) is 10.8. The molecule has 7 heteroatoms. The van der Waals surface area contributed by atoms with Gasteiger partial charge < -0.3 is 15.4 Å². The second-order valence-corrected chi connectivity index (χ2v) is 4.54. The minimum atomic E-state index is 0. The number of ether oxygens (including phenoxy) is 1. The molecule has 0 fully saturated rings. The van der Waals surface area contributed by atoms with Crippen molar-refractivity contribution in [3.8, 4) is 5.88 Å². The van der Waals surface area contributed by atoms with Gasteiger partial charge in [-0.2, -0.15) is 0 Å². The number of rotatable bonds is 6. The van der Waals surface area contributed by atoms with Gasteiger partial charge in [0, 0.05) is 32.1 Å². The summed E-state index contributed by atoms with van der Waals surface area (Å²) in [4.78, 5) is 12.6. The van der Waals surface area contributed by atoms with Gasteiger partial charge in [-0.3, -0.25) is 9.98 Å². The Balaban J connectivity index is 0.00000264. The van der Waals surface area contributed by atoms with Crippen molar-refractivity contribution in [2.45, 2.75) is 20.0 Å². The Hall–Kier alpha value is -1.90. The van der Waals surface area contributed by atoms with Gasteiger partial charge in [0.15, 0.2) is 5.96 Å². The largest absolute Gasteiger partial charge is 0.478 e. The topological polar surface area (TPSA) is 71.4 Å². The van der Waals surface area contributed by atoms with Crippen LogP contribution in [0, 0.1) is 0 Å². The lowest BCUT2D eigenvalue weighted by Gasteiger charge is -2.12. The predicted molar refractivity (Wildman–Crippen MR) is 102 cm³/mol. The molecule has 2 rings (SSSR count). The Morgan fingerprint density at radius 2 is 1.96 bits per heavy atom. The molecule has 0 saturated heterocycles. The fourth-order valence-electron chi connectivity index (χ4n) is 1.87. The van der Waals surface area contributed by atoms with Crippen molar-refractivity contribution in [1.29, 1.82) is 0 Å². The highest BCUT2D eigenvalue weighted by Gasteiger charge is 2.01. The van der Waals surface area contributed by atoms with Crippen LogP contribution in [0.2, 0.25) is 0 Å². The van der Waals surface area contributed by atoms with Gasteiger partial charge in [-0.15, -0.1) is 24.0 Å². The molecule has 0 aliphatic rings. The highest BCUT2D eigenvalue weighted by Crippen LogP contribution is 2.08. The van der Waals surface area contributed by atoms with Gasteiger partial charge in [0.05, 0.1) is 18.8 Å². The standard InChI is InChI=1S/C16H21N5O.HI/c1-3-22-15-10-13(7-9-19-15)11-20-16(17-2)21-12-14-6-4-5-8-18-14;/h4-10H,3,11-12H2,1-2H3,(H2,17,20,21);1H. The molecule has 0 aromatic carbocycles. The van der Waals surface area contributed by atoms with Crippen molar-refractivity contribution in [3.05, 3.63) is 54.0 Å². The summed E-state index contributed by atoms with van der Waals surface area (Å²) in [6.45, 7) is 3.82. The molecule has 0 radical (unpaired) electrons. The molecule has 0 unspecified atom stereocenters. The van der Waals surface area contributed by atoms with Crippen LogP contribution in [0.1, 0.15) is 18.2 Å². The third-order valence-corrected chi connectivity index (χ3v) is 2.94. The van der Waals surface area contributed by atoms with Gasteiger partial charge >= 0.3 is 0 Å². The van der Waals surface area contributed by atoms with Crippen LogP contribution in [-0.2, 0) is 13.1 Å². The first-order valence-corrected chi connectivity index (χ1v) is 7.24. The smallest absolute Gasteiger partial charge is 0.213 e. The van der Waals surface area contributed by atoms with Crippen molar-refractivity contribution in [1.82, 2.24) is 20.6 Å². The average Bonchev–Trinajstić information content (AvgIpc) is 2.57. The normalized spacial score (nSPS) is 10.6. The van der Waals surface area contributed by atoms with E-state index in [1.54, 1.807) is 19.4 Å². The van der Waals surface area contributed by atoms with Gasteiger partial charge in [-0.25, -0.2) is 4.98 Å². The molecule has 0 saturated carbocycles. The molecule has 2 N–H and O–H groups in total. The fraction of sp³-hybridized carbons (Fsp3) is 0.312. The second-order valence-electron chi connectivity index (χ2n) is 4.54. The summed E-state index contributed by atoms with van der Waals surface area (Å²) in [5.41, 5.74) is 2.05. The lowest BCUT2D eigenvalue weighted by molar-refractivity contribution is 0.326. The zero-order valence-corrected chi connectivity index (χ0v) is 15.7. The van der Waals surface area contributed by atoms with Crippen LogP contribution in [-0.4, -0.2) is 29.6 Å². The Morgan fingerprint density at radius 3 is 2.65 bits per heavy atom. The lowest BCUT2D eigenvalue weighted by atomic mass is 10.2. The molecular formula is C16H22IN5O. The molecule has 0 amide bonds. The Labute approximate surface area is 153 Å². The molecule has 2 aromatic rings. The monoisotopic (exact) mass is 427 g/mol. The van der Waals surface area contributed by atoms with E-state index in [9.17, 15) is 0 Å². The molecule has 0 atom stereocenters. The number of halogens is 1. The lowest BCUT2D eigenvalue weighted by Crippen LogP contribution is -2.36. The molecule has 2 heterocycles.